The van der Waals surface area contributed by atoms with E-state index in [0.29, 0.717) is 5.16 Å². The highest BCUT2D eigenvalue weighted by atomic mass is 32.2. The molecule has 7 heteroatoms. The normalized spacial score (nSPS) is 18.0. The van der Waals surface area contributed by atoms with E-state index in [1.54, 1.807) is 0 Å². The largest absolute Gasteiger partial charge is 0.325 e. The van der Waals surface area contributed by atoms with Crippen molar-refractivity contribution in [2.24, 2.45) is 0 Å². The maximum absolute atomic E-state index is 13.2. The third kappa shape index (κ3) is 4.00. The molecule has 1 aliphatic rings. The minimum absolute atomic E-state index is 0.0510. The van der Waals surface area contributed by atoms with Gasteiger partial charge in [0.25, 0.3) is 0 Å². The van der Waals surface area contributed by atoms with Crippen LogP contribution in [0.15, 0.2) is 53.7 Å². The van der Waals surface area contributed by atoms with Crippen molar-refractivity contribution in [2.45, 2.75) is 50.1 Å². The molecule has 3 aromatic rings. The van der Waals surface area contributed by atoms with Crippen LogP contribution in [-0.4, -0.2) is 26.0 Å². The molecule has 29 heavy (non-hydrogen) atoms. The molecule has 0 aliphatic carbocycles. The highest BCUT2D eigenvalue weighted by Gasteiger charge is 2.37. The Morgan fingerprint density at radius 3 is 2.62 bits per heavy atom. The summed E-state index contributed by atoms with van der Waals surface area (Å²) in [5.74, 6) is 0.810. The van der Waals surface area contributed by atoms with E-state index in [0.717, 1.165) is 35.5 Å². The Balaban J connectivity index is 1.66. The molecule has 0 saturated heterocycles. The second kappa shape index (κ2) is 8.29. The van der Waals surface area contributed by atoms with Crippen molar-refractivity contribution >= 4 is 23.4 Å². The zero-order chi connectivity index (χ0) is 20.4. The van der Waals surface area contributed by atoms with Gasteiger partial charge in [0.05, 0.1) is 6.04 Å². The number of amides is 1. The minimum Gasteiger partial charge on any atom is -0.325 e. The third-order valence-electron chi connectivity index (χ3n) is 5.11. The number of benzene rings is 2. The van der Waals surface area contributed by atoms with Crippen LogP contribution in [0.3, 0.4) is 0 Å². The van der Waals surface area contributed by atoms with Crippen LogP contribution < -0.4 is 10.7 Å². The predicted molar refractivity (Wildman–Crippen MR) is 117 cm³/mol. The summed E-state index contributed by atoms with van der Waals surface area (Å²) in [5, 5.41) is 11.9. The van der Waals surface area contributed by atoms with E-state index in [9.17, 15) is 4.79 Å². The first-order chi connectivity index (χ1) is 14.1. The number of fused-ring (bicyclic) bond motifs is 1. The molecule has 1 aromatic heterocycles. The van der Waals surface area contributed by atoms with Gasteiger partial charge < -0.3 is 10.7 Å². The number of anilines is 1. The van der Waals surface area contributed by atoms with Gasteiger partial charge in [0, 0.05) is 12.1 Å². The van der Waals surface area contributed by atoms with Crippen molar-refractivity contribution in [3.63, 3.8) is 0 Å². The van der Waals surface area contributed by atoms with Crippen LogP contribution in [-0.2, 0) is 17.6 Å². The summed E-state index contributed by atoms with van der Waals surface area (Å²) in [6, 6.07) is 16.1. The zero-order valence-electron chi connectivity index (χ0n) is 16.8. The van der Waals surface area contributed by atoms with Crippen molar-refractivity contribution < 1.29 is 4.79 Å². The minimum atomic E-state index is -0.371. The van der Waals surface area contributed by atoms with E-state index < -0.39 is 0 Å². The molecular weight excluding hydrogens is 382 g/mol. The standard InChI is InChI=1S/C22H25N5OS/c1-4-15-9-11-16(12-10-15)19-20(21(28)23-17-8-6-7-14(3)13-17)29-22-25-24-18(5-2)27(22)26-19/h6-13,19-20,26H,4-5H2,1-3H3,(H,23,28)/t19-,20+/m1/s1. The number of nitrogens with one attached hydrogen (secondary N) is 2. The van der Waals surface area contributed by atoms with E-state index in [4.69, 9.17) is 0 Å². The lowest BCUT2D eigenvalue weighted by atomic mass is 10.0. The van der Waals surface area contributed by atoms with Gasteiger partial charge in [0.1, 0.15) is 5.25 Å². The number of thioether (sulfide) groups is 1. The fourth-order valence-electron chi connectivity index (χ4n) is 3.47. The third-order valence-corrected chi connectivity index (χ3v) is 6.33. The van der Waals surface area contributed by atoms with E-state index >= 15 is 0 Å². The Hall–Kier alpha value is -2.80. The SMILES string of the molecule is CCc1ccc([C@H]2Nn3c(CC)nnc3S[C@@H]2C(=O)Nc2cccc(C)c2)cc1. The fourth-order valence-corrected chi connectivity index (χ4v) is 4.57. The van der Waals surface area contributed by atoms with Crippen LogP contribution in [0.4, 0.5) is 5.69 Å². The molecule has 0 bridgehead atoms. The molecule has 0 saturated carbocycles. The molecule has 0 radical (unpaired) electrons. The predicted octanol–water partition coefficient (Wildman–Crippen LogP) is 4.11. The number of rotatable bonds is 5. The Morgan fingerprint density at radius 1 is 1.14 bits per heavy atom. The van der Waals surface area contributed by atoms with Crippen LogP contribution >= 0.6 is 11.8 Å². The second-order valence-corrected chi connectivity index (χ2v) is 8.30. The smallest absolute Gasteiger partial charge is 0.240 e. The maximum Gasteiger partial charge on any atom is 0.240 e. The number of carbonyl (C=O) groups excluding carboxylic acids is 1. The van der Waals surface area contributed by atoms with Gasteiger partial charge in [0.15, 0.2) is 5.82 Å². The van der Waals surface area contributed by atoms with Crippen LogP contribution in [0.5, 0.6) is 0 Å². The van der Waals surface area contributed by atoms with Gasteiger partial charge in [-0.25, -0.2) is 4.68 Å². The van der Waals surface area contributed by atoms with E-state index in [-0.39, 0.29) is 17.2 Å². The highest BCUT2D eigenvalue weighted by molar-refractivity contribution is 8.00. The van der Waals surface area contributed by atoms with Crippen molar-refractivity contribution in [1.82, 2.24) is 14.9 Å². The first-order valence-electron chi connectivity index (χ1n) is 9.93. The zero-order valence-corrected chi connectivity index (χ0v) is 17.7. The summed E-state index contributed by atoms with van der Waals surface area (Å²) in [6.45, 7) is 6.20. The van der Waals surface area contributed by atoms with Crippen LogP contribution in [0.25, 0.3) is 0 Å². The molecule has 6 nitrogen and oxygen atoms in total. The van der Waals surface area contributed by atoms with Gasteiger partial charge in [-0.2, -0.15) is 0 Å². The number of hydrogen-bond acceptors (Lipinski definition) is 5. The number of hydrogen-bond donors (Lipinski definition) is 2. The average Bonchev–Trinajstić information content (AvgIpc) is 3.15. The van der Waals surface area contributed by atoms with Crippen molar-refractivity contribution in [1.29, 1.82) is 0 Å². The van der Waals surface area contributed by atoms with Gasteiger partial charge in [-0.15, -0.1) is 10.2 Å². The number of nitrogens with zero attached hydrogens (tertiary/aromatic N) is 3. The van der Waals surface area contributed by atoms with Crippen LogP contribution in [0.2, 0.25) is 0 Å². The fraction of sp³-hybridized carbons (Fsp3) is 0.318. The van der Waals surface area contributed by atoms with Gasteiger partial charge in [0.2, 0.25) is 11.1 Å². The van der Waals surface area contributed by atoms with Gasteiger partial charge in [-0.3, -0.25) is 4.79 Å². The summed E-state index contributed by atoms with van der Waals surface area (Å²) >= 11 is 1.45. The first-order valence-corrected chi connectivity index (χ1v) is 10.8. The molecule has 0 spiro atoms. The molecule has 4 rings (SSSR count). The summed E-state index contributed by atoms with van der Waals surface area (Å²) in [6.07, 6.45) is 1.75. The first kappa shape index (κ1) is 19.5. The average molecular weight is 408 g/mol. The summed E-state index contributed by atoms with van der Waals surface area (Å²) in [7, 11) is 0. The van der Waals surface area contributed by atoms with Crippen LogP contribution in [0, 0.1) is 6.92 Å². The molecule has 0 unspecified atom stereocenters. The molecule has 1 amide bonds. The Kier molecular flexibility index (Phi) is 5.58. The number of carbonyl (C=O) groups is 1. The summed E-state index contributed by atoms with van der Waals surface area (Å²) in [4.78, 5) is 13.2. The Morgan fingerprint density at radius 2 is 1.93 bits per heavy atom. The summed E-state index contributed by atoms with van der Waals surface area (Å²) < 4.78 is 1.92. The summed E-state index contributed by atoms with van der Waals surface area (Å²) in [5.41, 5.74) is 7.74. The molecule has 2 N–H and O–H groups in total. The molecular formula is C22H25N5OS. The number of aryl methyl sites for hydroxylation is 3. The molecule has 150 valence electrons. The van der Waals surface area contributed by atoms with Crippen molar-refractivity contribution in [2.75, 3.05) is 10.7 Å². The molecule has 1 aliphatic heterocycles. The lowest BCUT2D eigenvalue weighted by Gasteiger charge is -2.33. The Labute approximate surface area is 175 Å². The van der Waals surface area contributed by atoms with Crippen LogP contribution in [0.1, 0.15) is 42.4 Å². The topological polar surface area (TPSA) is 71.8 Å². The quantitative estimate of drug-likeness (QED) is 0.666. The maximum atomic E-state index is 13.2. The van der Waals surface area contributed by atoms with E-state index in [1.807, 2.05) is 42.8 Å². The number of aromatic nitrogens is 3. The second-order valence-electron chi connectivity index (χ2n) is 7.19. The highest BCUT2D eigenvalue weighted by Crippen LogP contribution is 2.37. The van der Waals surface area contributed by atoms with Gasteiger partial charge in [-0.05, 0) is 42.2 Å². The van der Waals surface area contributed by atoms with Gasteiger partial charge >= 0.3 is 0 Å². The van der Waals surface area contributed by atoms with Crippen molar-refractivity contribution in [3.05, 3.63) is 71.0 Å². The Bertz CT molecular complexity index is 1010. The molecule has 2 atom stereocenters. The molecule has 2 heterocycles. The lowest BCUT2D eigenvalue weighted by Crippen LogP contribution is -2.41. The van der Waals surface area contributed by atoms with Crippen molar-refractivity contribution in [3.8, 4) is 0 Å². The molecule has 0 fully saturated rings. The van der Waals surface area contributed by atoms with Gasteiger partial charge in [-0.1, -0.05) is 62.0 Å². The van der Waals surface area contributed by atoms with E-state index in [1.165, 1.54) is 17.3 Å². The van der Waals surface area contributed by atoms with E-state index in [2.05, 4.69) is 52.1 Å². The lowest BCUT2D eigenvalue weighted by molar-refractivity contribution is -0.116. The molecule has 2 aromatic carbocycles. The monoisotopic (exact) mass is 407 g/mol.